The lowest BCUT2D eigenvalue weighted by atomic mass is 10.1. The van der Waals surface area contributed by atoms with Gasteiger partial charge in [-0.3, -0.25) is 4.79 Å². The number of likely N-dealkylation sites (tertiary alicyclic amines) is 1. The molecular formula is C17H18BrN3O2. The first-order valence-electron chi connectivity index (χ1n) is 7.63. The summed E-state index contributed by atoms with van der Waals surface area (Å²) < 4.78 is 6.88. The van der Waals surface area contributed by atoms with Gasteiger partial charge in [0.05, 0.1) is 6.54 Å². The topological polar surface area (TPSA) is 55.3 Å². The Morgan fingerprint density at radius 3 is 2.83 bits per heavy atom. The molecule has 1 unspecified atom stereocenters. The van der Waals surface area contributed by atoms with Crippen molar-refractivity contribution in [1.29, 1.82) is 0 Å². The molecule has 1 aliphatic rings. The number of halogens is 1. The smallest absolute Gasteiger partial charge is 0.253 e. The molecule has 1 aromatic heterocycles. The molecule has 23 heavy (non-hydrogen) atoms. The standard InChI is InChI=1S/C17H18BrN3O2/c1-12-19-9-8-16(20-12)23-15-3-2-10-21(11-15)17(22)13-4-6-14(18)7-5-13/h4-9,15H,2-3,10-11H2,1H3. The van der Waals surface area contributed by atoms with Gasteiger partial charge in [0.1, 0.15) is 11.9 Å². The summed E-state index contributed by atoms with van der Waals surface area (Å²) in [7, 11) is 0. The normalized spacial score (nSPS) is 17.8. The zero-order chi connectivity index (χ0) is 16.2. The first-order chi connectivity index (χ1) is 11.1. The van der Waals surface area contributed by atoms with Gasteiger partial charge >= 0.3 is 0 Å². The van der Waals surface area contributed by atoms with Gasteiger partial charge in [-0.2, -0.15) is 4.98 Å². The van der Waals surface area contributed by atoms with Crippen molar-refractivity contribution in [3.63, 3.8) is 0 Å². The number of piperidine rings is 1. The van der Waals surface area contributed by atoms with Crippen molar-refractivity contribution in [1.82, 2.24) is 14.9 Å². The maximum absolute atomic E-state index is 12.6. The fourth-order valence-corrected chi connectivity index (χ4v) is 2.93. The van der Waals surface area contributed by atoms with E-state index >= 15 is 0 Å². The van der Waals surface area contributed by atoms with Crippen LogP contribution < -0.4 is 4.74 Å². The van der Waals surface area contributed by atoms with E-state index in [1.165, 1.54) is 0 Å². The van der Waals surface area contributed by atoms with Gasteiger partial charge in [0.15, 0.2) is 0 Å². The fourth-order valence-electron chi connectivity index (χ4n) is 2.66. The Bertz CT molecular complexity index is 690. The largest absolute Gasteiger partial charge is 0.472 e. The molecule has 5 nitrogen and oxygen atoms in total. The van der Waals surface area contributed by atoms with Crippen LogP contribution in [0.5, 0.6) is 5.88 Å². The Morgan fingerprint density at radius 1 is 1.30 bits per heavy atom. The molecule has 0 N–H and O–H groups in total. The maximum Gasteiger partial charge on any atom is 0.253 e. The van der Waals surface area contributed by atoms with Crippen molar-refractivity contribution in [2.75, 3.05) is 13.1 Å². The highest BCUT2D eigenvalue weighted by atomic mass is 79.9. The second-order valence-electron chi connectivity index (χ2n) is 5.58. The van der Waals surface area contributed by atoms with Crippen LogP contribution in [0.25, 0.3) is 0 Å². The number of hydrogen-bond donors (Lipinski definition) is 0. The summed E-state index contributed by atoms with van der Waals surface area (Å²) in [5.41, 5.74) is 0.701. The van der Waals surface area contributed by atoms with Crippen molar-refractivity contribution in [3.05, 3.63) is 52.4 Å². The van der Waals surface area contributed by atoms with Crippen molar-refractivity contribution < 1.29 is 9.53 Å². The van der Waals surface area contributed by atoms with Crippen LogP contribution in [0, 0.1) is 6.92 Å². The lowest BCUT2D eigenvalue weighted by molar-refractivity contribution is 0.0527. The highest BCUT2D eigenvalue weighted by Gasteiger charge is 2.26. The second-order valence-corrected chi connectivity index (χ2v) is 6.50. The number of hydrogen-bond acceptors (Lipinski definition) is 4. The third-order valence-electron chi connectivity index (χ3n) is 3.79. The molecule has 0 radical (unpaired) electrons. The summed E-state index contributed by atoms with van der Waals surface area (Å²) in [5, 5.41) is 0. The van der Waals surface area contributed by atoms with Crippen LogP contribution in [0.3, 0.4) is 0 Å². The number of aryl methyl sites for hydroxylation is 1. The van der Waals surface area contributed by atoms with Crippen molar-refractivity contribution in [2.45, 2.75) is 25.9 Å². The Morgan fingerprint density at radius 2 is 2.09 bits per heavy atom. The number of benzene rings is 1. The average molecular weight is 376 g/mol. The quantitative estimate of drug-likeness (QED) is 0.826. The van der Waals surface area contributed by atoms with Gasteiger partial charge < -0.3 is 9.64 Å². The zero-order valence-corrected chi connectivity index (χ0v) is 14.5. The molecule has 1 atom stereocenters. The van der Waals surface area contributed by atoms with E-state index in [4.69, 9.17) is 4.74 Å². The molecule has 2 heterocycles. The van der Waals surface area contributed by atoms with Gasteiger partial charge in [0.25, 0.3) is 5.91 Å². The third-order valence-corrected chi connectivity index (χ3v) is 4.32. The number of amides is 1. The number of carbonyl (C=O) groups excluding carboxylic acids is 1. The van der Waals surface area contributed by atoms with E-state index in [0.29, 0.717) is 23.8 Å². The first-order valence-corrected chi connectivity index (χ1v) is 8.42. The summed E-state index contributed by atoms with van der Waals surface area (Å²) >= 11 is 3.39. The van der Waals surface area contributed by atoms with E-state index < -0.39 is 0 Å². The number of rotatable bonds is 3. The monoisotopic (exact) mass is 375 g/mol. The summed E-state index contributed by atoms with van der Waals surface area (Å²) in [6, 6.07) is 9.20. The highest BCUT2D eigenvalue weighted by molar-refractivity contribution is 9.10. The number of ether oxygens (including phenoxy) is 1. The minimum absolute atomic E-state index is 0.0301. The van der Waals surface area contributed by atoms with Gasteiger partial charge in [0.2, 0.25) is 5.88 Å². The van der Waals surface area contributed by atoms with Crippen molar-refractivity contribution in [2.24, 2.45) is 0 Å². The molecule has 1 fully saturated rings. The third kappa shape index (κ3) is 4.07. The van der Waals surface area contributed by atoms with Crippen LogP contribution in [0.2, 0.25) is 0 Å². The lowest BCUT2D eigenvalue weighted by Crippen LogP contribution is -2.44. The molecule has 6 heteroatoms. The number of nitrogens with zero attached hydrogens (tertiary/aromatic N) is 3. The highest BCUT2D eigenvalue weighted by Crippen LogP contribution is 2.19. The molecule has 0 spiro atoms. The van der Waals surface area contributed by atoms with E-state index in [2.05, 4.69) is 25.9 Å². The number of aromatic nitrogens is 2. The van der Waals surface area contributed by atoms with Crippen LogP contribution in [0.15, 0.2) is 41.0 Å². The molecule has 1 amide bonds. The summed E-state index contributed by atoms with van der Waals surface area (Å²) in [6.45, 7) is 3.17. The maximum atomic E-state index is 12.6. The molecule has 0 saturated carbocycles. The predicted octanol–water partition coefficient (Wildman–Crippen LogP) is 3.23. The predicted molar refractivity (Wildman–Crippen MR) is 90.5 cm³/mol. The SMILES string of the molecule is Cc1nccc(OC2CCCN(C(=O)c3ccc(Br)cc3)C2)n1. The molecular weight excluding hydrogens is 358 g/mol. The molecule has 0 bridgehead atoms. The summed E-state index contributed by atoms with van der Waals surface area (Å²) in [6.07, 6.45) is 3.51. The van der Waals surface area contributed by atoms with Crippen LogP contribution >= 0.6 is 15.9 Å². The molecule has 1 aromatic carbocycles. The van der Waals surface area contributed by atoms with E-state index in [-0.39, 0.29) is 12.0 Å². The minimum Gasteiger partial charge on any atom is -0.472 e. The first kappa shape index (κ1) is 15.9. The minimum atomic E-state index is -0.0301. The Hall–Kier alpha value is -1.95. The van der Waals surface area contributed by atoms with Gasteiger partial charge in [-0.25, -0.2) is 4.98 Å². The van der Waals surface area contributed by atoms with Crippen molar-refractivity contribution >= 4 is 21.8 Å². The van der Waals surface area contributed by atoms with Crippen LogP contribution in [0.1, 0.15) is 29.0 Å². The van der Waals surface area contributed by atoms with Crippen LogP contribution in [-0.2, 0) is 0 Å². The van der Waals surface area contributed by atoms with E-state index in [1.54, 1.807) is 12.3 Å². The summed E-state index contributed by atoms with van der Waals surface area (Å²) in [4.78, 5) is 22.8. The molecule has 2 aromatic rings. The van der Waals surface area contributed by atoms with Crippen molar-refractivity contribution in [3.8, 4) is 5.88 Å². The average Bonchev–Trinajstić information content (AvgIpc) is 2.55. The van der Waals surface area contributed by atoms with E-state index in [9.17, 15) is 4.79 Å². The molecule has 1 aliphatic heterocycles. The fraction of sp³-hybridized carbons (Fsp3) is 0.353. The Balaban J connectivity index is 1.66. The van der Waals surface area contributed by atoms with E-state index in [0.717, 1.165) is 23.9 Å². The second kappa shape index (κ2) is 7.08. The van der Waals surface area contributed by atoms with E-state index in [1.807, 2.05) is 36.1 Å². The van der Waals surface area contributed by atoms with Gasteiger partial charge in [-0.05, 0) is 44.0 Å². The molecule has 1 saturated heterocycles. The van der Waals surface area contributed by atoms with Gasteiger partial charge in [-0.1, -0.05) is 15.9 Å². The molecule has 120 valence electrons. The summed E-state index contributed by atoms with van der Waals surface area (Å²) in [5.74, 6) is 1.30. The van der Waals surface area contributed by atoms with Crippen LogP contribution in [0.4, 0.5) is 0 Å². The zero-order valence-electron chi connectivity index (χ0n) is 12.9. The lowest BCUT2D eigenvalue weighted by Gasteiger charge is -2.32. The molecule has 3 rings (SSSR count). The Labute approximate surface area is 143 Å². The van der Waals surface area contributed by atoms with Crippen LogP contribution in [-0.4, -0.2) is 40.0 Å². The molecule has 0 aliphatic carbocycles. The Kier molecular flexibility index (Phi) is 4.91. The van der Waals surface area contributed by atoms with Gasteiger partial charge in [0, 0.05) is 28.8 Å². The number of carbonyl (C=O) groups is 1. The van der Waals surface area contributed by atoms with Gasteiger partial charge in [-0.15, -0.1) is 0 Å².